The van der Waals surface area contributed by atoms with Gasteiger partial charge in [-0.1, -0.05) is 12.1 Å². The molecule has 0 spiro atoms. The number of pyridine rings is 1. The van der Waals surface area contributed by atoms with Crippen LogP contribution in [0.3, 0.4) is 0 Å². The zero-order valence-corrected chi connectivity index (χ0v) is 14.7. The van der Waals surface area contributed by atoms with Crippen LogP contribution < -0.4 is 10.6 Å². The molecule has 1 aromatic carbocycles. The number of nitrogens with one attached hydrogen (secondary N) is 2. The molecule has 0 bridgehead atoms. The van der Waals surface area contributed by atoms with Gasteiger partial charge in [0.25, 0.3) is 5.91 Å². The van der Waals surface area contributed by atoms with Crippen LogP contribution in [0.1, 0.15) is 16.8 Å². The van der Waals surface area contributed by atoms with E-state index in [2.05, 4.69) is 48.1 Å². The molecule has 2 heterocycles. The monoisotopic (exact) mass is 390 g/mol. The highest BCUT2D eigenvalue weighted by Gasteiger charge is 2.06. The summed E-state index contributed by atoms with van der Waals surface area (Å²) >= 11 is 4.74. The Kier molecular flexibility index (Phi) is 5.19. The van der Waals surface area contributed by atoms with Crippen molar-refractivity contribution in [3.63, 3.8) is 0 Å². The van der Waals surface area contributed by atoms with E-state index in [0.29, 0.717) is 16.7 Å². The second-order valence-electron chi connectivity index (χ2n) is 4.93. The molecule has 0 unspecified atom stereocenters. The number of nitrogens with zero attached hydrogens (tertiary/aromatic N) is 2. The van der Waals surface area contributed by atoms with Gasteiger partial charge in [0.1, 0.15) is 10.4 Å². The van der Waals surface area contributed by atoms with Crippen molar-refractivity contribution in [1.82, 2.24) is 14.7 Å². The third-order valence-electron chi connectivity index (χ3n) is 3.30. The summed E-state index contributed by atoms with van der Waals surface area (Å²) in [6.45, 7) is 1.36. The predicted molar refractivity (Wildman–Crippen MR) is 97.0 cm³/mol. The average molecular weight is 391 g/mol. The second kappa shape index (κ2) is 7.52. The summed E-state index contributed by atoms with van der Waals surface area (Å²) in [7, 11) is 0. The number of carbonyl (C=O) groups is 1. The van der Waals surface area contributed by atoms with Gasteiger partial charge < -0.3 is 10.6 Å². The Morgan fingerprint density at radius 1 is 1.17 bits per heavy atom. The Morgan fingerprint density at radius 3 is 2.87 bits per heavy atom. The van der Waals surface area contributed by atoms with E-state index >= 15 is 0 Å². The van der Waals surface area contributed by atoms with Crippen molar-refractivity contribution in [3.8, 4) is 0 Å². The lowest BCUT2D eigenvalue weighted by molar-refractivity contribution is 0.0953. The summed E-state index contributed by atoms with van der Waals surface area (Å²) in [6.07, 6.45) is 2.38. The molecule has 3 aromatic rings. The summed E-state index contributed by atoms with van der Waals surface area (Å²) in [5, 5.41) is 7.34. The maximum atomic E-state index is 11.9. The normalized spacial score (nSPS) is 10.7. The minimum atomic E-state index is -0.107. The molecule has 1 amide bonds. The van der Waals surface area contributed by atoms with E-state index in [1.807, 2.05) is 12.1 Å². The fraction of sp³-hybridized carbons (Fsp3) is 0.188. The topological polar surface area (TPSA) is 66.9 Å². The fourth-order valence-corrected chi connectivity index (χ4v) is 3.11. The minimum absolute atomic E-state index is 0.107. The third kappa shape index (κ3) is 4.05. The number of aromatic nitrogens is 2. The van der Waals surface area contributed by atoms with E-state index in [1.54, 1.807) is 18.3 Å². The van der Waals surface area contributed by atoms with Crippen molar-refractivity contribution < 1.29 is 4.79 Å². The van der Waals surface area contributed by atoms with E-state index in [9.17, 15) is 4.79 Å². The SMILES string of the molecule is O=C(NCCCNc1nsc2ccccc12)c1ccc(Br)nc1. The first kappa shape index (κ1) is 15.9. The standard InChI is InChI=1S/C16H15BrN4OS/c17-14-7-6-11(10-20-14)16(22)19-9-3-8-18-15-12-4-1-2-5-13(12)23-21-15/h1-2,4-7,10H,3,8-9H2,(H,18,21)(H,19,22). The molecule has 7 heteroatoms. The summed E-state index contributed by atoms with van der Waals surface area (Å²) in [6, 6.07) is 11.6. The molecular weight excluding hydrogens is 376 g/mol. The molecule has 2 N–H and O–H groups in total. The van der Waals surface area contributed by atoms with E-state index < -0.39 is 0 Å². The smallest absolute Gasteiger partial charge is 0.252 e. The van der Waals surface area contributed by atoms with E-state index in [-0.39, 0.29) is 5.91 Å². The molecule has 0 aliphatic rings. The number of anilines is 1. The predicted octanol–water partition coefficient (Wildman–Crippen LogP) is 3.69. The molecule has 5 nitrogen and oxygen atoms in total. The van der Waals surface area contributed by atoms with Gasteiger partial charge in [-0.15, -0.1) is 0 Å². The Bertz CT molecular complexity index is 803. The molecular formula is C16H15BrN4OS. The Hall–Kier alpha value is -1.99. The number of halogens is 1. The summed E-state index contributed by atoms with van der Waals surface area (Å²) < 4.78 is 6.30. The second-order valence-corrected chi connectivity index (χ2v) is 6.55. The Morgan fingerprint density at radius 2 is 2.04 bits per heavy atom. The lowest BCUT2D eigenvalue weighted by Crippen LogP contribution is -2.25. The number of amides is 1. The molecule has 0 aliphatic carbocycles. The van der Waals surface area contributed by atoms with Gasteiger partial charge in [-0.05, 0) is 58.1 Å². The van der Waals surface area contributed by atoms with Gasteiger partial charge in [0.05, 0.1) is 10.3 Å². The number of rotatable bonds is 6. The average Bonchev–Trinajstić information content (AvgIpc) is 2.98. The third-order valence-corrected chi connectivity index (χ3v) is 4.59. The molecule has 3 rings (SSSR count). The van der Waals surface area contributed by atoms with Gasteiger partial charge in [-0.3, -0.25) is 4.79 Å². The molecule has 23 heavy (non-hydrogen) atoms. The van der Waals surface area contributed by atoms with Crippen molar-refractivity contribution in [2.45, 2.75) is 6.42 Å². The fourth-order valence-electron chi connectivity index (χ4n) is 2.12. The van der Waals surface area contributed by atoms with Crippen LogP contribution in [0.5, 0.6) is 0 Å². The van der Waals surface area contributed by atoms with Crippen LogP contribution in [-0.4, -0.2) is 28.4 Å². The molecule has 0 atom stereocenters. The van der Waals surface area contributed by atoms with E-state index in [1.165, 1.54) is 16.2 Å². The lowest BCUT2D eigenvalue weighted by atomic mass is 10.2. The van der Waals surface area contributed by atoms with Gasteiger partial charge >= 0.3 is 0 Å². The number of fused-ring (bicyclic) bond motifs is 1. The van der Waals surface area contributed by atoms with Crippen LogP contribution in [0.4, 0.5) is 5.82 Å². The summed E-state index contributed by atoms with van der Waals surface area (Å²) in [4.78, 5) is 16.0. The molecule has 118 valence electrons. The quantitative estimate of drug-likeness (QED) is 0.497. The van der Waals surface area contributed by atoms with Crippen LogP contribution in [0.15, 0.2) is 47.2 Å². The first-order valence-electron chi connectivity index (χ1n) is 7.22. The van der Waals surface area contributed by atoms with Gasteiger partial charge in [-0.25, -0.2) is 4.98 Å². The largest absolute Gasteiger partial charge is 0.369 e. The zero-order chi connectivity index (χ0) is 16.1. The van der Waals surface area contributed by atoms with Crippen molar-refractivity contribution in [2.24, 2.45) is 0 Å². The van der Waals surface area contributed by atoms with Crippen molar-refractivity contribution in [3.05, 3.63) is 52.8 Å². The number of hydrogen-bond donors (Lipinski definition) is 2. The first-order valence-corrected chi connectivity index (χ1v) is 8.79. The highest BCUT2D eigenvalue weighted by atomic mass is 79.9. The van der Waals surface area contributed by atoms with Gasteiger partial charge in [0, 0.05) is 24.7 Å². The number of hydrogen-bond acceptors (Lipinski definition) is 5. The lowest BCUT2D eigenvalue weighted by Gasteiger charge is -2.06. The van der Waals surface area contributed by atoms with Crippen LogP contribution in [-0.2, 0) is 0 Å². The van der Waals surface area contributed by atoms with Crippen molar-refractivity contribution >= 4 is 49.3 Å². The van der Waals surface area contributed by atoms with Gasteiger partial charge in [-0.2, -0.15) is 4.37 Å². The first-order chi connectivity index (χ1) is 11.2. The van der Waals surface area contributed by atoms with Gasteiger partial charge in [0.15, 0.2) is 0 Å². The Labute approximate surface area is 146 Å². The molecule has 0 fully saturated rings. The summed E-state index contributed by atoms with van der Waals surface area (Å²) in [5.74, 6) is 0.804. The molecule has 0 aliphatic heterocycles. The Balaban J connectivity index is 1.43. The maximum absolute atomic E-state index is 11.9. The molecule has 0 saturated carbocycles. The van der Waals surface area contributed by atoms with Crippen LogP contribution in [0.2, 0.25) is 0 Å². The number of carbonyl (C=O) groups excluding carboxylic acids is 1. The zero-order valence-electron chi connectivity index (χ0n) is 12.3. The van der Waals surface area contributed by atoms with Crippen LogP contribution in [0.25, 0.3) is 10.1 Å². The highest BCUT2D eigenvalue weighted by Crippen LogP contribution is 2.25. The summed E-state index contributed by atoms with van der Waals surface area (Å²) in [5.41, 5.74) is 0.562. The van der Waals surface area contributed by atoms with Crippen molar-refractivity contribution in [2.75, 3.05) is 18.4 Å². The van der Waals surface area contributed by atoms with Crippen LogP contribution >= 0.6 is 27.5 Å². The number of benzene rings is 1. The van der Waals surface area contributed by atoms with E-state index in [0.717, 1.165) is 24.2 Å². The molecule has 0 saturated heterocycles. The maximum Gasteiger partial charge on any atom is 0.252 e. The van der Waals surface area contributed by atoms with Crippen LogP contribution in [0, 0.1) is 0 Å². The van der Waals surface area contributed by atoms with Gasteiger partial charge in [0.2, 0.25) is 0 Å². The van der Waals surface area contributed by atoms with E-state index in [4.69, 9.17) is 0 Å². The van der Waals surface area contributed by atoms with Crippen molar-refractivity contribution in [1.29, 1.82) is 0 Å². The molecule has 2 aromatic heterocycles. The minimum Gasteiger partial charge on any atom is -0.369 e. The highest BCUT2D eigenvalue weighted by molar-refractivity contribution is 9.10. The molecule has 0 radical (unpaired) electrons.